The van der Waals surface area contributed by atoms with Crippen LogP contribution < -0.4 is 5.73 Å². The van der Waals surface area contributed by atoms with Gasteiger partial charge >= 0.3 is 0 Å². The smallest absolute Gasteiger partial charge is 0.0420 e. The van der Waals surface area contributed by atoms with E-state index in [0.717, 1.165) is 23.0 Å². The molecule has 15 heavy (non-hydrogen) atoms. The summed E-state index contributed by atoms with van der Waals surface area (Å²) in [6.07, 6.45) is 3.75. The van der Waals surface area contributed by atoms with Gasteiger partial charge in [-0.1, -0.05) is 20.8 Å². The predicted octanol–water partition coefficient (Wildman–Crippen LogP) is 3.15. The Bertz CT molecular complexity index is 306. The van der Waals surface area contributed by atoms with Gasteiger partial charge in [-0.05, 0) is 39.9 Å². The lowest BCUT2D eigenvalue weighted by Crippen LogP contribution is -2.38. The number of pyridine rings is 1. The van der Waals surface area contributed by atoms with Gasteiger partial charge in [0.15, 0.2) is 0 Å². The Balaban J connectivity index is 2.66. The second-order valence-corrected chi connectivity index (χ2v) is 5.54. The average molecular weight is 271 g/mol. The minimum absolute atomic E-state index is 0.163. The molecular formula is C12H19BrN2. The number of nitrogens with two attached hydrogens (primary N) is 1. The Morgan fingerprint density at radius 1 is 1.47 bits per heavy atom. The number of nitrogens with zero attached hydrogens (tertiary/aromatic N) is 1. The first kappa shape index (κ1) is 12.7. The summed E-state index contributed by atoms with van der Waals surface area (Å²) in [7, 11) is 0. The number of halogens is 1. The van der Waals surface area contributed by atoms with Crippen LogP contribution in [0.1, 0.15) is 32.9 Å². The van der Waals surface area contributed by atoms with Crippen molar-refractivity contribution in [2.24, 2.45) is 11.1 Å². The van der Waals surface area contributed by atoms with Gasteiger partial charge in [-0.3, -0.25) is 4.98 Å². The molecule has 0 saturated carbocycles. The highest BCUT2D eigenvalue weighted by molar-refractivity contribution is 9.10. The molecule has 84 valence electrons. The molecule has 1 rings (SSSR count). The molecule has 0 aliphatic heterocycles. The van der Waals surface area contributed by atoms with Crippen molar-refractivity contribution >= 4 is 15.9 Å². The molecule has 1 aromatic rings. The van der Waals surface area contributed by atoms with E-state index >= 15 is 0 Å². The zero-order valence-corrected chi connectivity index (χ0v) is 11.2. The molecule has 0 aromatic carbocycles. The van der Waals surface area contributed by atoms with E-state index < -0.39 is 0 Å². The number of aromatic nitrogens is 1. The summed E-state index contributed by atoms with van der Waals surface area (Å²) in [6.45, 7) is 6.59. The molecule has 0 spiro atoms. The van der Waals surface area contributed by atoms with E-state index in [4.69, 9.17) is 5.73 Å². The molecule has 0 fully saturated rings. The fourth-order valence-electron chi connectivity index (χ4n) is 1.29. The first-order chi connectivity index (χ1) is 6.95. The van der Waals surface area contributed by atoms with Crippen LogP contribution >= 0.6 is 15.9 Å². The maximum absolute atomic E-state index is 6.18. The molecule has 2 nitrogen and oxygen atoms in total. The van der Waals surface area contributed by atoms with E-state index in [1.165, 1.54) is 0 Å². The highest BCUT2D eigenvalue weighted by atomic mass is 79.9. The third-order valence-corrected chi connectivity index (χ3v) is 3.60. The zero-order valence-electron chi connectivity index (χ0n) is 9.63. The monoisotopic (exact) mass is 270 g/mol. The van der Waals surface area contributed by atoms with Gasteiger partial charge in [0.2, 0.25) is 0 Å². The molecule has 0 aliphatic rings. The first-order valence-corrected chi connectivity index (χ1v) is 6.11. The van der Waals surface area contributed by atoms with Gasteiger partial charge in [0, 0.05) is 28.8 Å². The highest BCUT2D eigenvalue weighted by Gasteiger charge is 2.24. The summed E-state index contributed by atoms with van der Waals surface area (Å²) in [6, 6.07) is 4.19. The van der Waals surface area contributed by atoms with Gasteiger partial charge in [0.25, 0.3) is 0 Å². The quantitative estimate of drug-likeness (QED) is 0.913. The van der Waals surface area contributed by atoms with Crippen LogP contribution in [0.5, 0.6) is 0 Å². The summed E-state index contributed by atoms with van der Waals surface area (Å²) >= 11 is 3.37. The zero-order chi connectivity index (χ0) is 11.5. The Morgan fingerprint density at radius 3 is 2.60 bits per heavy atom. The molecule has 0 aliphatic carbocycles. The SMILES string of the molecule is CCC(C)(C)C(N)Cc1ccc(Br)cn1. The number of hydrogen-bond donors (Lipinski definition) is 1. The van der Waals surface area contributed by atoms with Crippen molar-refractivity contribution in [1.82, 2.24) is 4.98 Å². The van der Waals surface area contributed by atoms with Gasteiger partial charge in [-0.15, -0.1) is 0 Å². The molecule has 2 N–H and O–H groups in total. The standard InChI is InChI=1S/C12H19BrN2/c1-4-12(2,3)11(14)7-10-6-5-9(13)8-15-10/h5-6,8,11H,4,7,14H2,1-3H3. The van der Waals surface area contributed by atoms with Crippen molar-refractivity contribution in [3.8, 4) is 0 Å². The van der Waals surface area contributed by atoms with Crippen LogP contribution in [-0.4, -0.2) is 11.0 Å². The van der Waals surface area contributed by atoms with Crippen LogP contribution in [0.25, 0.3) is 0 Å². The van der Waals surface area contributed by atoms with Gasteiger partial charge < -0.3 is 5.73 Å². The summed E-state index contributed by atoms with van der Waals surface area (Å²) < 4.78 is 1.01. The third kappa shape index (κ3) is 3.58. The van der Waals surface area contributed by atoms with Crippen molar-refractivity contribution in [2.45, 2.75) is 39.7 Å². The number of hydrogen-bond acceptors (Lipinski definition) is 2. The van der Waals surface area contributed by atoms with E-state index in [2.05, 4.69) is 41.7 Å². The topological polar surface area (TPSA) is 38.9 Å². The predicted molar refractivity (Wildman–Crippen MR) is 67.7 cm³/mol. The van der Waals surface area contributed by atoms with Crippen molar-refractivity contribution in [2.75, 3.05) is 0 Å². The van der Waals surface area contributed by atoms with E-state index in [0.29, 0.717) is 0 Å². The molecule has 1 atom stereocenters. The second-order valence-electron chi connectivity index (χ2n) is 4.62. The van der Waals surface area contributed by atoms with Gasteiger partial charge in [0.1, 0.15) is 0 Å². The average Bonchev–Trinajstić information content (AvgIpc) is 2.21. The lowest BCUT2D eigenvalue weighted by atomic mass is 9.80. The summed E-state index contributed by atoms with van der Waals surface area (Å²) in [5.74, 6) is 0. The third-order valence-electron chi connectivity index (χ3n) is 3.13. The fourth-order valence-corrected chi connectivity index (χ4v) is 1.53. The molecule has 1 heterocycles. The molecule has 1 aromatic heterocycles. The highest BCUT2D eigenvalue weighted by Crippen LogP contribution is 2.25. The maximum atomic E-state index is 6.18. The van der Waals surface area contributed by atoms with Crippen LogP contribution in [0, 0.1) is 5.41 Å². The van der Waals surface area contributed by atoms with Crippen LogP contribution in [0.2, 0.25) is 0 Å². The molecular weight excluding hydrogens is 252 g/mol. The Morgan fingerprint density at radius 2 is 2.13 bits per heavy atom. The minimum Gasteiger partial charge on any atom is -0.327 e. The minimum atomic E-state index is 0.163. The van der Waals surface area contributed by atoms with E-state index in [1.807, 2.05) is 18.3 Å². The van der Waals surface area contributed by atoms with Gasteiger partial charge in [-0.25, -0.2) is 0 Å². The van der Waals surface area contributed by atoms with Crippen LogP contribution in [0.3, 0.4) is 0 Å². The van der Waals surface area contributed by atoms with Crippen LogP contribution in [-0.2, 0) is 6.42 Å². The Labute approximate surface area is 100 Å². The molecule has 0 amide bonds. The van der Waals surface area contributed by atoms with Crippen molar-refractivity contribution < 1.29 is 0 Å². The molecule has 3 heteroatoms. The van der Waals surface area contributed by atoms with Crippen LogP contribution in [0.4, 0.5) is 0 Å². The van der Waals surface area contributed by atoms with Gasteiger partial charge in [0.05, 0.1) is 0 Å². The summed E-state index contributed by atoms with van der Waals surface area (Å²) in [5.41, 5.74) is 7.42. The first-order valence-electron chi connectivity index (χ1n) is 5.31. The molecule has 0 radical (unpaired) electrons. The molecule has 0 saturated heterocycles. The van der Waals surface area contributed by atoms with E-state index in [9.17, 15) is 0 Å². The lowest BCUT2D eigenvalue weighted by molar-refractivity contribution is 0.271. The second kappa shape index (κ2) is 5.08. The Kier molecular flexibility index (Phi) is 4.29. The number of rotatable bonds is 4. The Hall–Kier alpha value is -0.410. The summed E-state index contributed by atoms with van der Waals surface area (Å²) in [5, 5.41) is 0. The van der Waals surface area contributed by atoms with E-state index in [-0.39, 0.29) is 11.5 Å². The molecule has 0 bridgehead atoms. The maximum Gasteiger partial charge on any atom is 0.0420 e. The van der Waals surface area contributed by atoms with Crippen molar-refractivity contribution in [1.29, 1.82) is 0 Å². The summed E-state index contributed by atoms with van der Waals surface area (Å²) in [4.78, 5) is 4.34. The largest absolute Gasteiger partial charge is 0.327 e. The van der Waals surface area contributed by atoms with Crippen molar-refractivity contribution in [3.63, 3.8) is 0 Å². The van der Waals surface area contributed by atoms with Crippen LogP contribution in [0.15, 0.2) is 22.8 Å². The molecule has 1 unspecified atom stereocenters. The van der Waals surface area contributed by atoms with Gasteiger partial charge in [-0.2, -0.15) is 0 Å². The lowest BCUT2D eigenvalue weighted by Gasteiger charge is -2.30. The fraction of sp³-hybridized carbons (Fsp3) is 0.583. The normalized spacial score (nSPS) is 13.9. The van der Waals surface area contributed by atoms with Crippen molar-refractivity contribution in [3.05, 3.63) is 28.5 Å². The van der Waals surface area contributed by atoms with E-state index in [1.54, 1.807) is 0 Å².